The Balaban J connectivity index is 2.11. The Labute approximate surface area is 49.6 Å². The van der Waals surface area contributed by atoms with E-state index < -0.39 is 0 Å². The molecule has 3 aliphatic carbocycles. The molecule has 3 rings (SSSR count). The molecule has 0 N–H and O–H groups in total. The van der Waals surface area contributed by atoms with E-state index in [0.717, 1.165) is 17.3 Å². The Morgan fingerprint density at radius 1 is 1.25 bits per heavy atom. The van der Waals surface area contributed by atoms with Crippen LogP contribution in [0.25, 0.3) is 0 Å². The predicted molar refractivity (Wildman–Crippen MR) is 32.4 cm³/mol. The number of allylic oxidation sites excluding steroid dienone is 2. The Morgan fingerprint density at radius 2 is 2.12 bits per heavy atom. The summed E-state index contributed by atoms with van der Waals surface area (Å²) in [5.41, 5.74) is 0.889. The van der Waals surface area contributed by atoms with E-state index in [1.807, 2.05) is 0 Å². The van der Waals surface area contributed by atoms with Crippen molar-refractivity contribution < 1.29 is 0 Å². The summed E-state index contributed by atoms with van der Waals surface area (Å²) in [5.74, 6) is 2.08. The van der Waals surface area contributed by atoms with Crippen molar-refractivity contribution in [2.24, 2.45) is 17.3 Å². The molecule has 0 amide bonds. The van der Waals surface area contributed by atoms with Crippen LogP contribution in [0.1, 0.15) is 19.3 Å². The summed E-state index contributed by atoms with van der Waals surface area (Å²) in [6.45, 7) is 0. The highest BCUT2D eigenvalue weighted by Gasteiger charge is 2.64. The zero-order valence-electron chi connectivity index (χ0n) is 4.93. The van der Waals surface area contributed by atoms with E-state index in [1.54, 1.807) is 0 Å². The smallest absolute Gasteiger partial charge is 0.0165 e. The van der Waals surface area contributed by atoms with Crippen molar-refractivity contribution in [2.75, 3.05) is 0 Å². The maximum atomic E-state index is 2.44. The first kappa shape index (κ1) is 3.71. The van der Waals surface area contributed by atoms with Crippen LogP contribution >= 0.6 is 0 Å². The van der Waals surface area contributed by atoms with Crippen LogP contribution in [-0.2, 0) is 0 Å². The predicted octanol–water partition coefficient (Wildman–Crippen LogP) is 1.97. The van der Waals surface area contributed by atoms with Crippen molar-refractivity contribution in [1.82, 2.24) is 0 Å². The molecule has 0 unspecified atom stereocenters. The van der Waals surface area contributed by atoms with Gasteiger partial charge in [-0.05, 0) is 36.5 Å². The van der Waals surface area contributed by atoms with Gasteiger partial charge in [-0.3, -0.25) is 0 Å². The van der Waals surface area contributed by atoms with Gasteiger partial charge in [0.15, 0.2) is 0 Å². The third kappa shape index (κ3) is 0.195. The highest BCUT2D eigenvalue weighted by Crippen LogP contribution is 2.72. The summed E-state index contributed by atoms with van der Waals surface area (Å²) in [7, 11) is 0. The van der Waals surface area contributed by atoms with Crippen LogP contribution in [0.5, 0.6) is 0 Å². The molecule has 8 heavy (non-hydrogen) atoms. The normalized spacial score (nSPS) is 64.0. The molecule has 3 atom stereocenters. The van der Waals surface area contributed by atoms with Gasteiger partial charge in [-0.25, -0.2) is 0 Å². The molecule has 42 valence electrons. The van der Waals surface area contributed by atoms with Gasteiger partial charge >= 0.3 is 0 Å². The third-order valence-corrected chi connectivity index (χ3v) is 3.41. The van der Waals surface area contributed by atoms with Gasteiger partial charge in [-0.15, -0.1) is 0 Å². The molecule has 0 aliphatic heterocycles. The van der Waals surface area contributed by atoms with Crippen molar-refractivity contribution in [3.63, 3.8) is 0 Å². The first-order valence-corrected chi connectivity index (χ1v) is 3.60. The third-order valence-electron chi connectivity index (χ3n) is 3.41. The first-order valence-electron chi connectivity index (χ1n) is 3.60. The lowest BCUT2D eigenvalue weighted by molar-refractivity contribution is 0.199. The molecular formula is C8H10. The van der Waals surface area contributed by atoms with E-state index in [1.165, 1.54) is 19.3 Å². The van der Waals surface area contributed by atoms with Crippen LogP contribution in [0.2, 0.25) is 0 Å². The Kier molecular flexibility index (Phi) is 0.367. The molecule has 3 aliphatic rings. The van der Waals surface area contributed by atoms with Gasteiger partial charge in [0.2, 0.25) is 0 Å². The summed E-state index contributed by atoms with van der Waals surface area (Å²) in [4.78, 5) is 0. The average molecular weight is 106 g/mol. The molecule has 0 aromatic carbocycles. The van der Waals surface area contributed by atoms with E-state index in [-0.39, 0.29) is 0 Å². The zero-order chi connectivity index (χ0) is 5.19. The monoisotopic (exact) mass is 106 g/mol. The highest BCUT2D eigenvalue weighted by molar-refractivity contribution is 5.29. The summed E-state index contributed by atoms with van der Waals surface area (Å²) in [6, 6.07) is 0. The standard InChI is InChI=1S/C8H10/c1-2-7-5-8(7)4-3-6(1)8/h1-2,6-7H,3-5H2/t6-,7-,8-/m0/s1. The number of rotatable bonds is 0. The molecular weight excluding hydrogens is 96.1 g/mol. The molecule has 1 spiro atoms. The van der Waals surface area contributed by atoms with Crippen molar-refractivity contribution in [1.29, 1.82) is 0 Å². The highest BCUT2D eigenvalue weighted by atomic mass is 14.7. The molecule has 0 heteroatoms. The topological polar surface area (TPSA) is 0 Å². The largest absolute Gasteiger partial charge is 0.0845 e. The van der Waals surface area contributed by atoms with Gasteiger partial charge in [-0.2, -0.15) is 0 Å². The van der Waals surface area contributed by atoms with E-state index >= 15 is 0 Å². The second kappa shape index (κ2) is 0.792. The molecule has 0 bridgehead atoms. The molecule has 0 heterocycles. The van der Waals surface area contributed by atoms with Gasteiger partial charge in [-0.1, -0.05) is 12.2 Å². The maximum Gasteiger partial charge on any atom is -0.0165 e. The summed E-state index contributed by atoms with van der Waals surface area (Å²) >= 11 is 0. The Bertz CT molecular complexity index is 169. The molecule has 2 saturated carbocycles. The van der Waals surface area contributed by atoms with E-state index in [9.17, 15) is 0 Å². The van der Waals surface area contributed by atoms with Gasteiger partial charge in [0.25, 0.3) is 0 Å². The Morgan fingerprint density at radius 3 is 2.38 bits per heavy atom. The minimum absolute atomic E-state index is 0.889. The quantitative estimate of drug-likeness (QED) is 0.414. The van der Waals surface area contributed by atoms with Gasteiger partial charge in [0.05, 0.1) is 0 Å². The fourth-order valence-electron chi connectivity index (χ4n) is 2.56. The van der Waals surface area contributed by atoms with Crippen molar-refractivity contribution >= 4 is 0 Å². The van der Waals surface area contributed by atoms with Gasteiger partial charge in [0.1, 0.15) is 0 Å². The van der Waals surface area contributed by atoms with Gasteiger partial charge in [0, 0.05) is 0 Å². The molecule has 0 nitrogen and oxygen atoms in total. The first-order chi connectivity index (χ1) is 3.92. The summed E-state index contributed by atoms with van der Waals surface area (Å²) < 4.78 is 0. The van der Waals surface area contributed by atoms with Gasteiger partial charge < -0.3 is 0 Å². The number of hydrogen-bond donors (Lipinski definition) is 0. The SMILES string of the molecule is C1=C[C@H]2C[C@]23CC[C@H]13. The zero-order valence-corrected chi connectivity index (χ0v) is 4.93. The minimum atomic E-state index is 0.889. The fraction of sp³-hybridized carbons (Fsp3) is 0.750. The lowest BCUT2D eigenvalue weighted by atomic mass is 9.72. The summed E-state index contributed by atoms with van der Waals surface area (Å²) in [5, 5.41) is 0. The van der Waals surface area contributed by atoms with Crippen LogP contribution in [0, 0.1) is 17.3 Å². The van der Waals surface area contributed by atoms with Crippen molar-refractivity contribution in [3.05, 3.63) is 12.2 Å². The van der Waals surface area contributed by atoms with Crippen molar-refractivity contribution in [2.45, 2.75) is 19.3 Å². The second-order valence-electron chi connectivity index (χ2n) is 3.57. The molecule has 0 radical (unpaired) electrons. The van der Waals surface area contributed by atoms with Crippen LogP contribution in [0.3, 0.4) is 0 Å². The average Bonchev–Trinajstić information content (AvgIpc) is 2.36. The van der Waals surface area contributed by atoms with E-state index in [0.29, 0.717) is 0 Å². The van der Waals surface area contributed by atoms with E-state index in [2.05, 4.69) is 12.2 Å². The van der Waals surface area contributed by atoms with Crippen LogP contribution in [-0.4, -0.2) is 0 Å². The minimum Gasteiger partial charge on any atom is -0.0845 e. The van der Waals surface area contributed by atoms with Crippen LogP contribution < -0.4 is 0 Å². The maximum absolute atomic E-state index is 2.44. The fourth-order valence-corrected chi connectivity index (χ4v) is 2.56. The number of hydrogen-bond acceptors (Lipinski definition) is 0. The van der Waals surface area contributed by atoms with Crippen molar-refractivity contribution in [3.8, 4) is 0 Å². The molecule has 0 saturated heterocycles. The van der Waals surface area contributed by atoms with Crippen LogP contribution in [0.15, 0.2) is 12.2 Å². The Hall–Kier alpha value is -0.260. The second-order valence-corrected chi connectivity index (χ2v) is 3.57. The molecule has 0 aromatic rings. The lowest BCUT2D eigenvalue weighted by Gasteiger charge is -2.33. The van der Waals surface area contributed by atoms with Crippen LogP contribution in [0.4, 0.5) is 0 Å². The molecule has 2 fully saturated rings. The molecule has 0 aromatic heterocycles. The lowest BCUT2D eigenvalue weighted by Crippen LogP contribution is -2.24. The van der Waals surface area contributed by atoms with E-state index in [4.69, 9.17) is 0 Å². The summed E-state index contributed by atoms with van der Waals surface area (Å²) in [6.07, 6.45) is 9.45.